The average molecular weight is 384 g/mol. The lowest BCUT2D eigenvalue weighted by Gasteiger charge is -2.39. The Hall–Kier alpha value is -1.26. The minimum Gasteiger partial charge on any atom is -0.493 e. The second-order valence-electron chi connectivity index (χ2n) is 7.83. The number of aryl methyl sites for hydroxylation is 2. The van der Waals surface area contributed by atoms with Crippen molar-refractivity contribution in [2.75, 3.05) is 26.8 Å². The van der Waals surface area contributed by atoms with Crippen LogP contribution < -0.4 is 10.1 Å². The summed E-state index contributed by atoms with van der Waals surface area (Å²) in [7, 11) is 1.48. The first-order valence-corrected chi connectivity index (χ1v) is 9.35. The largest absolute Gasteiger partial charge is 0.493 e. The first-order chi connectivity index (χ1) is 11.9. The molecular formula is C21H34ClNO3. The van der Waals surface area contributed by atoms with E-state index in [1.54, 1.807) is 0 Å². The van der Waals surface area contributed by atoms with Gasteiger partial charge in [-0.05, 0) is 89.1 Å². The van der Waals surface area contributed by atoms with Gasteiger partial charge in [0.15, 0.2) is 0 Å². The third-order valence-corrected chi connectivity index (χ3v) is 5.57. The van der Waals surface area contributed by atoms with Crippen LogP contribution in [-0.2, 0) is 9.53 Å². The van der Waals surface area contributed by atoms with Crippen molar-refractivity contribution in [3.63, 3.8) is 0 Å². The van der Waals surface area contributed by atoms with Crippen molar-refractivity contribution < 1.29 is 14.3 Å². The van der Waals surface area contributed by atoms with Crippen LogP contribution in [0.15, 0.2) is 18.2 Å². The lowest BCUT2D eigenvalue weighted by Crippen LogP contribution is -2.44. The van der Waals surface area contributed by atoms with Gasteiger partial charge >= 0.3 is 5.97 Å². The van der Waals surface area contributed by atoms with E-state index in [9.17, 15) is 4.79 Å². The monoisotopic (exact) mass is 383 g/mol. The molecule has 1 aliphatic rings. The third-order valence-electron chi connectivity index (χ3n) is 5.57. The van der Waals surface area contributed by atoms with Crippen LogP contribution >= 0.6 is 12.4 Å². The molecule has 1 aromatic rings. The maximum absolute atomic E-state index is 12.4. The van der Waals surface area contributed by atoms with E-state index in [0.717, 1.165) is 43.7 Å². The molecule has 1 heterocycles. The molecule has 5 heteroatoms. The Labute approximate surface area is 164 Å². The van der Waals surface area contributed by atoms with E-state index in [1.807, 2.05) is 13.8 Å². The Kier molecular flexibility index (Phi) is 8.91. The second kappa shape index (κ2) is 10.2. The standard InChI is InChI=1S/C21H33NO3.ClH/c1-15-8-9-16(2)19(13-15)25-12-10-18(17-7-6-11-22-14-17)21(3,4)20(23)24-5;/h8-9,13,17-18,22H,6-7,10-12,14H2,1-5H3;1H. The predicted octanol–water partition coefficient (Wildman–Crippen LogP) is 4.31. The summed E-state index contributed by atoms with van der Waals surface area (Å²) in [6.07, 6.45) is 3.17. The van der Waals surface area contributed by atoms with Crippen molar-refractivity contribution in [2.45, 2.75) is 47.0 Å². The van der Waals surface area contributed by atoms with Gasteiger partial charge in [-0.25, -0.2) is 0 Å². The molecule has 1 saturated heterocycles. The number of methoxy groups -OCH3 is 1. The molecule has 1 fully saturated rings. The van der Waals surface area contributed by atoms with Crippen LogP contribution in [-0.4, -0.2) is 32.8 Å². The molecule has 2 unspecified atom stereocenters. The highest BCUT2D eigenvalue weighted by Gasteiger charge is 2.42. The number of halogens is 1. The summed E-state index contributed by atoms with van der Waals surface area (Å²) < 4.78 is 11.2. The molecule has 1 aromatic carbocycles. The zero-order chi connectivity index (χ0) is 18.4. The van der Waals surface area contributed by atoms with Crippen LogP contribution in [0.3, 0.4) is 0 Å². The summed E-state index contributed by atoms with van der Waals surface area (Å²) in [4.78, 5) is 12.4. The molecule has 0 aliphatic carbocycles. The molecule has 0 aromatic heterocycles. The van der Waals surface area contributed by atoms with E-state index in [4.69, 9.17) is 9.47 Å². The highest BCUT2D eigenvalue weighted by molar-refractivity contribution is 5.85. The van der Waals surface area contributed by atoms with Gasteiger partial charge in [-0.2, -0.15) is 0 Å². The average Bonchev–Trinajstić information content (AvgIpc) is 2.61. The van der Waals surface area contributed by atoms with Gasteiger partial charge in [0.1, 0.15) is 5.75 Å². The number of carbonyl (C=O) groups excluding carboxylic acids is 1. The van der Waals surface area contributed by atoms with Crippen LogP contribution in [0, 0.1) is 31.1 Å². The summed E-state index contributed by atoms with van der Waals surface area (Å²) in [5.74, 6) is 1.52. The Morgan fingerprint density at radius 3 is 2.69 bits per heavy atom. The smallest absolute Gasteiger partial charge is 0.311 e. The maximum Gasteiger partial charge on any atom is 0.311 e. The summed E-state index contributed by atoms with van der Waals surface area (Å²) in [6, 6.07) is 6.27. The number of ether oxygens (including phenoxy) is 2. The molecule has 1 aliphatic heterocycles. The molecule has 0 spiro atoms. The summed E-state index contributed by atoms with van der Waals surface area (Å²) >= 11 is 0. The summed E-state index contributed by atoms with van der Waals surface area (Å²) in [5.41, 5.74) is 1.83. The Balaban J connectivity index is 0.00000338. The number of benzene rings is 1. The zero-order valence-electron chi connectivity index (χ0n) is 16.8. The summed E-state index contributed by atoms with van der Waals surface area (Å²) in [6.45, 7) is 10.8. The minimum absolute atomic E-state index is 0. The molecule has 0 bridgehead atoms. The number of hydrogen-bond donors (Lipinski definition) is 1. The third kappa shape index (κ3) is 5.62. The fraction of sp³-hybridized carbons (Fsp3) is 0.667. The van der Waals surface area contributed by atoms with E-state index >= 15 is 0 Å². The molecule has 1 N–H and O–H groups in total. The van der Waals surface area contributed by atoms with Crippen LogP contribution in [0.1, 0.15) is 44.2 Å². The highest BCUT2D eigenvalue weighted by Crippen LogP contribution is 2.39. The number of nitrogens with one attached hydrogen (secondary N) is 1. The number of piperidine rings is 1. The van der Waals surface area contributed by atoms with E-state index in [-0.39, 0.29) is 24.3 Å². The molecule has 148 valence electrons. The van der Waals surface area contributed by atoms with Gasteiger partial charge in [0.25, 0.3) is 0 Å². The Morgan fingerprint density at radius 1 is 1.35 bits per heavy atom. The number of esters is 1. The molecular weight excluding hydrogens is 350 g/mol. The number of rotatable bonds is 7. The van der Waals surface area contributed by atoms with E-state index in [0.29, 0.717) is 12.5 Å². The van der Waals surface area contributed by atoms with Crippen molar-refractivity contribution in [1.29, 1.82) is 0 Å². The van der Waals surface area contributed by atoms with Crippen molar-refractivity contribution >= 4 is 18.4 Å². The Morgan fingerprint density at radius 2 is 2.08 bits per heavy atom. The highest BCUT2D eigenvalue weighted by atomic mass is 35.5. The molecule has 26 heavy (non-hydrogen) atoms. The van der Waals surface area contributed by atoms with Gasteiger partial charge in [-0.1, -0.05) is 12.1 Å². The molecule has 2 rings (SSSR count). The maximum atomic E-state index is 12.4. The van der Waals surface area contributed by atoms with Gasteiger partial charge in [0.05, 0.1) is 19.1 Å². The minimum atomic E-state index is -0.510. The van der Waals surface area contributed by atoms with E-state index < -0.39 is 5.41 Å². The fourth-order valence-electron chi connectivity index (χ4n) is 3.98. The SMILES string of the molecule is COC(=O)C(C)(C)C(CCOc1cc(C)ccc1C)C1CCCNC1.Cl. The van der Waals surface area contributed by atoms with Crippen molar-refractivity contribution in [3.05, 3.63) is 29.3 Å². The molecule has 0 amide bonds. The van der Waals surface area contributed by atoms with Crippen LogP contribution in [0.2, 0.25) is 0 Å². The first kappa shape index (κ1) is 22.8. The normalized spacial score (nSPS) is 18.6. The van der Waals surface area contributed by atoms with Gasteiger partial charge in [0, 0.05) is 0 Å². The second-order valence-corrected chi connectivity index (χ2v) is 7.83. The van der Waals surface area contributed by atoms with Crippen molar-refractivity contribution in [3.8, 4) is 5.75 Å². The van der Waals surface area contributed by atoms with Gasteiger partial charge in [-0.15, -0.1) is 12.4 Å². The lowest BCUT2D eigenvalue weighted by molar-refractivity contribution is -0.156. The van der Waals surface area contributed by atoms with Crippen LogP contribution in [0.25, 0.3) is 0 Å². The van der Waals surface area contributed by atoms with Crippen LogP contribution in [0.4, 0.5) is 0 Å². The van der Waals surface area contributed by atoms with Crippen molar-refractivity contribution in [2.24, 2.45) is 17.3 Å². The first-order valence-electron chi connectivity index (χ1n) is 9.35. The molecule has 0 saturated carbocycles. The van der Waals surface area contributed by atoms with Gasteiger partial charge < -0.3 is 14.8 Å². The number of carbonyl (C=O) groups is 1. The fourth-order valence-corrected chi connectivity index (χ4v) is 3.98. The Bertz CT molecular complexity index is 583. The van der Waals surface area contributed by atoms with Gasteiger partial charge in [-0.3, -0.25) is 4.79 Å². The topological polar surface area (TPSA) is 47.6 Å². The zero-order valence-corrected chi connectivity index (χ0v) is 17.6. The van der Waals surface area contributed by atoms with Crippen LogP contribution in [0.5, 0.6) is 5.75 Å². The summed E-state index contributed by atoms with van der Waals surface area (Å²) in [5, 5.41) is 3.48. The van der Waals surface area contributed by atoms with E-state index in [2.05, 4.69) is 37.4 Å². The van der Waals surface area contributed by atoms with Gasteiger partial charge in [0.2, 0.25) is 0 Å². The quantitative estimate of drug-likeness (QED) is 0.713. The molecule has 2 atom stereocenters. The predicted molar refractivity (Wildman–Crippen MR) is 108 cm³/mol. The molecule has 4 nitrogen and oxygen atoms in total. The number of hydrogen-bond acceptors (Lipinski definition) is 4. The van der Waals surface area contributed by atoms with E-state index in [1.165, 1.54) is 12.7 Å². The van der Waals surface area contributed by atoms with Crippen molar-refractivity contribution in [1.82, 2.24) is 5.32 Å². The molecule has 0 radical (unpaired) electrons. The lowest BCUT2D eigenvalue weighted by atomic mass is 9.68.